The Hall–Kier alpha value is -3.68. The van der Waals surface area contributed by atoms with Crippen LogP contribution in [0.2, 0.25) is 0 Å². The molecule has 8 heteroatoms. The molecule has 1 unspecified atom stereocenters. The molecule has 1 fully saturated rings. The molecule has 1 atom stereocenters. The van der Waals surface area contributed by atoms with E-state index in [9.17, 15) is 19.2 Å². The van der Waals surface area contributed by atoms with Gasteiger partial charge in [0, 0.05) is 31.5 Å². The van der Waals surface area contributed by atoms with Crippen LogP contribution in [0.4, 0.5) is 0 Å². The smallest absolute Gasteiger partial charge is 0.255 e. The van der Waals surface area contributed by atoms with E-state index >= 15 is 0 Å². The number of amides is 4. The fourth-order valence-electron chi connectivity index (χ4n) is 4.54. The van der Waals surface area contributed by atoms with Gasteiger partial charge in [-0.25, -0.2) is 0 Å². The molecule has 0 spiro atoms. The van der Waals surface area contributed by atoms with Gasteiger partial charge in [-0.15, -0.1) is 0 Å². The van der Waals surface area contributed by atoms with Crippen molar-refractivity contribution in [3.05, 3.63) is 64.2 Å². The highest BCUT2D eigenvalue weighted by atomic mass is 16.5. The van der Waals surface area contributed by atoms with Crippen LogP contribution in [0.15, 0.2) is 36.4 Å². The summed E-state index contributed by atoms with van der Waals surface area (Å²) < 4.78 is 5.50. The molecule has 8 nitrogen and oxygen atoms in total. The molecular weight excluding hydrogens is 410 g/mol. The summed E-state index contributed by atoms with van der Waals surface area (Å²) in [5.74, 6) is -0.112. The second kappa shape index (κ2) is 8.11. The average Bonchev–Trinajstić information content (AvgIpc) is 3.36. The maximum Gasteiger partial charge on any atom is 0.255 e. The third-order valence-electron chi connectivity index (χ3n) is 6.20. The SMILES string of the molecule is O=C(Cc1ccc2c(c1)CCO2)NCc1ccc2c(c1)CN(C1CCC(=O)NC1=O)C2=O. The second-order valence-electron chi connectivity index (χ2n) is 8.39. The molecule has 0 saturated carbocycles. The molecule has 0 aromatic heterocycles. The van der Waals surface area contributed by atoms with Crippen molar-refractivity contribution in [3.8, 4) is 5.75 Å². The van der Waals surface area contributed by atoms with Gasteiger partial charge in [0.05, 0.1) is 13.0 Å². The quantitative estimate of drug-likeness (QED) is 0.691. The van der Waals surface area contributed by atoms with Gasteiger partial charge in [0.15, 0.2) is 0 Å². The molecule has 3 heterocycles. The molecule has 5 rings (SSSR count). The Balaban J connectivity index is 1.20. The first kappa shape index (κ1) is 20.2. The minimum atomic E-state index is -0.631. The van der Waals surface area contributed by atoms with Gasteiger partial charge in [-0.1, -0.05) is 24.3 Å². The van der Waals surface area contributed by atoms with E-state index in [2.05, 4.69) is 10.6 Å². The number of nitrogens with one attached hydrogen (secondary N) is 2. The molecule has 32 heavy (non-hydrogen) atoms. The molecule has 3 aliphatic heterocycles. The largest absolute Gasteiger partial charge is 0.493 e. The van der Waals surface area contributed by atoms with Crippen molar-refractivity contribution >= 4 is 23.6 Å². The van der Waals surface area contributed by atoms with E-state index in [-0.39, 0.29) is 24.1 Å². The molecule has 3 aliphatic rings. The van der Waals surface area contributed by atoms with Gasteiger partial charge in [0.25, 0.3) is 5.91 Å². The van der Waals surface area contributed by atoms with E-state index in [1.165, 1.54) is 4.90 Å². The van der Waals surface area contributed by atoms with Crippen molar-refractivity contribution in [2.24, 2.45) is 0 Å². The number of piperidine rings is 1. The molecule has 164 valence electrons. The Morgan fingerprint density at radius 3 is 2.72 bits per heavy atom. The van der Waals surface area contributed by atoms with Crippen molar-refractivity contribution in [2.45, 2.75) is 44.8 Å². The lowest BCUT2D eigenvalue weighted by Gasteiger charge is -2.29. The monoisotopic (exact) mass is 433 g/mol. The lowest BCUT2D eigenvalue weighted by atomic mass is 10.0. The van der Waals surface area contributed by atoms with E-state index in [1.54, 1.807) is 6.07 Å². The molecule has 0 bridgehead atoms. The molecular formula is C24H23N3O5. The van der Waals surface area contributed by atoms with Gasteiger partial charge in [-0.3, -0.25) is 24.5 Å². The zero-order valence-corrected chi connectivity index (χ0v) is 17.5. The second-order valence-corrected chi connectivity index (χ2v) is 8.39. The third-order valence-corrected chi connectivity index (χ3v) is 6.20. The molecule has 2 aromatic rings. The van der Waals surface area contributed by atoms with Crippen LogP contribution in [0.25, 0.3) is 0 Å². The Bertz CT molecular complexity index is 1140. The summed E-state index contributed by atoms with van der Waals surface area (Å²) in [6, 6.07) is 10.7. The predicted molar refractivity (Wildman–Crippen MR) is 114 cm³/mol. The van der Waals surface area contributed by atoms with E-state index in [1.807, 2.05) is 30.3 Å². The summed E-state index contributed by atoms with van der Waals surface area (Å²) in [6.07, 6.45) is 1.72. The standard InChI is InChI=1S/C24H23N3O5/c28-21-6-4-19(23(30)26-21)27-13-17-10-15(1-3-18(17)24(27)31)12-25-22(29)11-14-2-5-20-16(9-14)7-8-32-20/h1-3,5,9-10,19H,4,6-8,11-13H2,(H,25,29)(H,26,28,30). The Morgan fingerprint density at radius 2 is 1.88 bits per heavy atom. The Morgan fingerprint density at radius 1 is 1.06 bits per heavy atom. The van der Waals surface area contributed by atoms with Crippen LogP contribution in [-0.4, -0.2) is 41.2 Å². The van der Waals surface area contributed by atoms with Crippen LogP contribution >= 0.6 is 0 Å². The maximum absolute atomic E-state index is 12.8. The van der Waals surface area contributed by atoms with E-state index in [0.717, 1.165) is 34.4 Å². The van der Waals surface area contributed by atoms with Crippen LogP contribution in [0.3, 0.4) is 0 Å². The summed E-state index contributed by atoms with van der Waals surface area (Å²) in [7, 11) is 0. The van der Waals surface area contributed by atoms with Crippen LogP contribution in [0.5, 0.6) is 5.75 Å². The number of hydrogen-bond acceptors (Lipinski definition) is 5. The summed E-state index contributed by atoms with van der Waals surface area (Å²) >= 11 is 0. The van der Waals surface area contributed by atoms with Crippen LogP contribution in [0, 0.1) is 0 Å². The molecule has 0 aliphatic carbocycles. The zero-order chi connectivity index (χ0) is 22.2. The fraction of sp³-hybridized carbons (Fsp3) is 0.333. The topological polar surface area (TPSA) is 105 Å². The summed E-state index contributed by atoms with van der Waals surface area (Å²) in [5, 5.41) is 5.24. The van der Waals surface area contributed by atoms with Gasteiger partial charge in [0.2, 0.25) is 17.7 Å². The van der Waals surface area contributed by atoms with Crippen LogP contribution in [-0.2, 0) is 40.3 Å². The normalized spacial score (nSPS) is 19.3. The number of carbonyl (C=O) groups is 4. The molecule has 0 radical (unpaired) electrons. The zero-order valence-electron chi connectivity index (χ0n) is 17.5. The van der Waals surface area contributed by atoms with Crippen molar-refractivity contribution in [1.82, 2.24) is 15.5 Å². The van der Waals surface area contributed by atoms with Crippen molar-refractivity contribution in [3.63, 3.8) is 0 Å². The van der Waals surface area contributed by atoms with Gasteiger partial charge in [0.1, 0.15) is 11.8 Å². The van der Waals surface area contributed by atoms with Crippen LogP contribution < -0.4 is 15.4 Å². The van der Waals surface area contributed by atoms with Crippen molar-refractivity contribution in [1.29, 1.82) is 0 Å². The van der Waals surface area contributed by atoms with E-state index in [4.69, 9.17) is 4.74 Å². The summed E-state index contributed by atoms with van der Waals surface area (Å²) in [6.45, 7) is 1.36. The van der Waals surface area contributed by atoms with Gasteiger partial charge >= 0.3 is 0 Å². The van der Waals surface area contributed by atoms with Crippen molar-refractivity contribution in [2.75, 3.05) is 6.61 Å². The van der Waals surface area contributed by atoms with Gasteiger partial charge < -0.3 is 15.0 Å². The minimum absolute atomic E-state index is 0.0781. The number of benzene rings is 2. The Kier molecular flexibility index (Phi) is 5.13. The number of hydrogen-bond donors (Lipinski definition) is 2. The van der Waals surface area contributed by atoms with E-state index < -0.39 is 11.9 Å². The number of nitrogens with zero attached hydrogens (tertiary/aromatic N) is 1. The number of fused-ring (bicyclic) bond motifs is 2. The lowest BCUT2D eigenvalue weighted by Crippen LogP contribution is -2.52. The molecule has 1 saturated heterocycles. The number of ether oxygens (including phenoxy) is 1. The number of rotatable bonds is 5. The highest BCUT2D eigenvalue weighted by Gasteiger charge is 2.39. The first-order chi connectivity index (χ1) is 15.5. The van der Waals surface area contributed by atoms with Crippen molar-refractivity contribution < 1.29 is 23.9 Å². The summed E-state index contributed by atoms with van der Waals surface area (Å²) in [4.78, 5) is 50.3. The lowest BCUT2D eigenvalue weighted by molar-refractivity contribution is -0.137. The fourth-order valence-corrected chi connectivity index (χ4v) is 4.54. The third kappa shape index (κ3) is 3.84. The molecule has 2 aromatic carbocycles. The first-order valence-corrected chi connectivity index (χ1v) is 10.8. The maximum atomic E-state index is 12.8. The highest BCUT2D eigenvalue weighted by Crippen LogP contribution is 2.28. The summed E-state index contributed by atoms with van der Waals surface area (Å²) in [5.41, 5.74) is 4.36. The van der Waals surface area contributed by atoms with Crippen LogP contribution in [0.1, 0.15) is 45.5 Å². The minimum Gasteiger partial charge on any atom is -0.493 e. The molecule has 2 N–H and O–H groups in total. The number of carbonyl (C=O) groups excluding carboxylic acids is 4. The number of imide groups is 1. The van der Waals surface area contributed by atoms with E-state index in [0.29, 0.717) is 38.1 Å². The molecule has 4 amide bonds. The first-order valence-electron chi connectivity index (χ1n) is 10.8. The van der Waals surface area contributed by atoms with Gasteiger partial charge in [-0.05, 0) is 40.8 Å². The predicted octanol–water partition coefficient (Wildman–Crippen LogP) is 1.24. The highest BCUT2D eigenvalue weighted by molar-refractivity contribution is 6.05. The Labute approximate surface area is 184 Å². The average molecular weight is 433 g/mol. The van der Waals surface area contributed by atoms with Gasteiger partial charge in [-0.2, -0.15) is 0 Å².